The van der Waals surface area contributed by atoms with Crippen molar-refractivity contribution in [3.8, 4) is 22.6 Å². The number of carbonyl (C=O) groups is 1. The first-order chi connectivity index (χ1) is 14.0. The number of hydrogen-bond donors (Lipinski definition) is 1. The molecule has 5 heteroatoms. The van der Waals surface area contributed by atoms with Gasteiger partial charge in [0.15, 0.2) is 0 Å². The molecule has 0 saturated heterocycles. The third-order valence-electron chi connectivity index (χ3n) is 4.84. The van der Waals surface area contributed by atoms with Crippen LogP contribution in [0.3, 0.4) is 0 Å². The molecule has 0 aliphatic heterocycles. The summed E-state index contributed by atoms with van der Waals surface area (Å²) in [6.07, 6.45) is 4.96. The van der Waals surface area contributed by atoms with E-state index >= 15 is 0 Å². The van der Waals surface area contributed by atoms with E-state index in [9.17, 15) is 4.79 Å². The Labute approximate surface area is 170 Å². The van der Waals surface area contributed by atoms with Gasteiger partial charge in [-0.3, -0.25) is 4.79 Å². The second-order valence-corrected chi connectivity index (χ2v) is 6.70. The Morgan fingerprint density at radius 3 is 2.55 bits per heavy atom. The quantitative estimate of drug-likeness (QED) is 0.448. The van der Waals surface area contributed by atoms with Crippen LogP contribution < -0.4 is 14.8 Å². The molecule has 0 aliphatic rings. The molecule has 0 atom stereocenters. The van der Waals surface area contributed by atoms with Gasteiger partial charge < -0.3 is 19.2 Å². The lowest BCUT2D eigenvalue weighted by atomic mass is 9.96. The number of nitrogens with one attached hydrogen (secondary N) is 1. The van der Waals surface area contributed by atoms with Gasteiger partial charge in [0.2, 0.25) is 5.91 Å². The number of methoxy groups -OCH3 is 2. The van der Waals surface area contributed by atoms with E-state index in [1.165, 1.54) is 0 Å². The zero-order chi connectivity index (χ0) is 21.0. The molecule has 0 radical (unpaired) electrons. The van der Waals surface area contributed by atoms with Crippen LogP contribution in [0.1, 0.15) is 18.1 Å². The van der Waals surface area contributed by atoms with Crippen molar-refractivity contribution < 1.29 is 18.7 Å². The zero-order valence-corrected chi connectivity index (χ0v) is 17.2. The van der Waals surface area contributed by atoms with Gasteiger partial charge >= 0.3 is 0 Å². The summed E-state index contributed by atoms with van der Waals surface area (Å²) in [5, 5.41) is 3.72. The maximum Gasteiger partial charge on any atom is 0.244 e. The van der Waals surface area contributed by atoms with Gasteiger partial charge in [-0.15, -0.1) is 6.58 Å². The normalized spacial score (nSPS) is 11.4. The number of allylic oxidation sites excluding steroid dienone is 1. The standard InChI is InChI=1S/C24H25NO4/c1-6-11-25-22(26)12-15(2)19-13-20-21(17-7-9-18(27-4)10-8-17)14-29-24(20)16(3)23(19)28-5/h6-10,12-14H,1,11H2,2-5H3,(H,25,26)/b15-12+. The molecular formula is C24H25NO4. The van der Waals surface area contributed by atoms with E-state index < -0.39 is 0 Å². The molecule has 0 saturated carbocycles. The summed E-state index contributed by atoms with van der Waals surface area (Å²) in [4.78, 5) is 12.1. The Kier molecular flexibility index (Phi) is 6.07. The molecule has 150 valence electrons. The van der Waals surface area contributed by atoms with Gasteiger partial charge in [0.05, 0.1) is 20.5 Å². The first-order valence-electron chi connectivity index (χ1n) is 9.30. The van der Waals surface area contributed by atoms with Gasteiger partial charge in [0.1, 0.15) is 17.1 Å². The molecule has 0 unspecified atom stereocenters. The maximum atomic E-state index is 12.1. The minimum absolute atomic E-state index is 0.176. The average molecular weight is 391 g/mol. The maximum absolute atomic E-state index is 12.1. The fraction of sp³-hybridized carbons (Fsp3) is 0.208. The van der Waals surface area contributed by atoms with Crippen LogP contribution in [-0.4, -0.2) is 26.7 Å². The third kappa shape index (κ3) is 4.04. The van der Waals surface area contributed by atoms with Crippen LogP contribution in [0.15, 0.2) is 59.7 Å². The SMILES string of the molecule is C=CCNC(=O)/C=C(\C)c1cc2c(-c3ccc(OC)cc3)coc2c(C)c1OC. The highest BCUT2D eigenvalue weighted by atomic mass is 16.5. The molecule has 1 aromatic heterocycles. The first-order valence-corrected chi connectivity index (χ1v) is 9.30. The van der Waals surface area contributed by atoms with Crippen LogP contribution in [-0.2, 0) is 4.79 Å². The Morgan fingerprint density at radius 2 is 1.93 bits per heavy atom. The van der Waals surface area contributed by atoms with Crippen LogP contribution in [0.25, 0.3) is 27.7 Å². The molecular weight excluding hydrogens is 366 g/mol. The summed E-state index contributed by atoms with van der Waals surface area (Å²) in [7, 11) is 3.26. The van der Waals surface area contributed by atoms with Crippen LogP contribution in [0.5, 0.6) is 11.5 Å². The first kappa shape index (κ1) is 20.3. The van der Waals surface area contributed by atoms with Crippen molar-refractivity contribution in [1.29, 1.82) is 0 Å². The lowest BCUT2D eigenvalue weighted by Gasteiger charge is -2.13. The van der Waals surface area contributed by atoms with Gasteiger partial charge in [0.25, 0.3) is 0 Å². The van der Waals surface area contributed by atoms with Crippen molar-refractivity contribution in [3.63, 3.8) is 0 Å². The summed E-state index contributed by atoms with van der Waals surface area (Å²) < 4.78 is 16.8. The smallest absolute Gasteiger partial charge is 0.244 e. The number of rotatable bonds is 7. The molecule has 1 N–H and O–H groups in total. The van der Waals surface area contributed by atoms with Gasteiger partial charge in [-0.2, -0.15) is 0 Å². The minimum Gasteiger partial charge on any atom is -0.497 e. The van der Waals surface area contributed by atoms with Crippen molar-refractivity contribution in [3.05, 3.63) is 66.5 Å². The fourth-order valence-corrected chi connectivity index (χ4v) is 3.36. The average Bonchev–Trinajstić information content (AvgIpc) is 3.16. The van der Waals surface area contributed by atoms with Gasteiger partial charge in [-0.05, 0) is 43.2 Å². The number of fused-ring (bicyclic) bond motifs is 1. The van der Waals surface area contributed by atoms with Crippen LogP contribution >= 0.6 is 0 Å². The zero-order valence-electron chi connectivity index (χ0n) is 17.2. The highest BCUT2D eigenvalue weighted by Gasteiger charge is 2.18. The molecule has 2 aromatic carbocycles. The Morgan fingerprint density at radius 1 is 1.21 bits per heavy atom. The molecule has 0 spiro atoms. The molecule has 1 heterocycles. The van der Waals surface area contributed by atoms with Crippen molar-refractivity contribution in [2.45, 2.75) is 13.8 Å². The summed E-state index contributed by atoms with van der Waals surface area (Å²) in [6, 6.07) is 9.83. The van der Waals surface area contributed by atoms with E-state index in [1.54, 1.807) is 32.6 Å². The lowest BCUT2D eigenvalue weighted by molar-refractivity contribution is -0.116. The highest BCUT2D eigenvalue weighted by Crippen LogP contribution is 2.40. The van der Waals surface area contributed by atoms with E-state index in [0.717, 1.165) is 44.5 Å². The van der Waals surface area contributed by atoms with E-state index in [2.05, 4.69) is 11.9 Å². The second-order valence-electron chi connectivity index (χ2n) is 6.70. The van der Waals surface area contributed by atoms with Gasteiger partial charge in [-0.1, -0.05) is 18.2 Å². The van der Waals surface area contributed by atoms with Crippen molar-refractivity contribution in [2.24, 2.45) is 0 Å². The number of furan rings is 1. The number of aryl methyl sites for hydroxylation is 1. The van der Waals surface area contributed by atoms with E-state index in [-0.39, 0.29) is 5.91 Å². The number of amides is 1. The third-order valence-corrected chi connectivity index (χ3v) is 4.84. The Hall–Kier alpha value is -3.47. The van der Waals surface area contributed by atoms with Crippen LogP contribution in [0.4, 0.5) is 0 Å². The van der Waals surface area contributed by atoms with Gasteiger partial charge in [0, 0.05) is 34.7 Å². The summed E-state index contributed by atoms with van der Waals surface area (Å²) >= 11 is 0. The molecule has 0 bridgehead atoms. The van der Waals surface area contributed by atoms with Crippen molar-refractivity contribution in [2.75, 3.05) is 20.8 Å². The Balaban J connectivity index is 2.13. The second kappa shape index (κ2) is 8.69. The molecule has 29 heavy (non-hydrogen) atoms. The van der Waals surface area contributed by atoms with Crippen LogP contribution in [0.2, 0.25) is 0 Å². The number of hydrogen-bond acceptors (Lipinski definition) is 4. The number of carbonyl (C=O) groups excluding carboxylic acids is 1. The van der Waals surface area contributed by atoms with Gasteiger partial charge in [-0.25, -0.2) is 0 Å². The largest absolute Gasteiger partial charge is 0.497 e. The minimum atomic E-state index is -0.176. The topological polar surface area (TPSA) is 60.7 Å². The summed E-state index contributed by atoms with van der Waals surface area (Å²) in [5.41, 5.74) is 5.29. The molecule has 5 nitrogen and oxygen atoms in total. The summed E-state index contributed by atoms with van der Waals surface area (Å²) in [5.74, 6) is 1.31. The van der Waals surface area contributed by atoms with E-state index in [0.29, 0.717) is 12.3 Å². The van der Waals surface area contributed by atoms with Crippen molar-refractivity contribution >= 4 is 22.4 Å². The van der Waals surface area contributed by atoms with Crippen molar-refractivity contribution in [1.82, 2.24) is 5.32 Å². The predicted octanol–water partition coefficient (Wildman–Crippen LogP) is 5.13. The highest BCUT2D eigenvalue weighted by molar-refractivity contribution is 6.01. The number of ether oxygens (including phenoxy) is 2. The number of benzene rings is 2. The molecule has 3 aromatic rings. The van der Waals surface area contributed by atoms with E-state index in [1.807, 2.05) is 44.2 Å². The van der Waals surface area contributed by atoms with E-state index in [4.69, 9.17) is 13.9 Å². The Bertz CT molecular complexity index is 1070. The predicted molar refractivity (Wildman–Crippen MR) is 116 cm³/mol. The lowest BCUT2D eigenvalue weighted by Crippen LogP contribution is -2.20. The molecule has 0 aliphatic carbocycles. The van der Waals surface area contributed by atoms with Crippen LogP contribution in [0, 0.1) is 6.92 Å². The molecule has 1 amide bonds. The fourth-order valence-electron chi connectivity index (χ4n) is 3.36. The molecule has 3 rings (SSSR count). The molecule has 0 fully saturated rings. The monoisotopic (exact) mass is 391 g/mol. The summed E-state index contributed by atoms with van der Waals surface area (Å²) in [6.45, 7) is 7.88.